The first-order valence-corrected chi connectivity index (χ1v) is 6.42. The molecule has 15 heavy (non-hydrogen) atoms. The van der Waals surface area contributed by atoms with Gasteiger partial charge >= 0.3 is 0 Å². The van der Waals surface area contributed by atoms with Crippen molar-refractivity contribution in [1.29, 1.82) is 0 Å². The summed E-state index contributed by atoms with van der Waals surface area (Å²) in [6.07, 6.45) is 11.4. The van der Waals surface area contributed by atoms with Crippen LogP contribution >= 0.6 is 0 Å². The molecular formula is C13H23NO. The maximum atomic E-state index is 11.3. The summed E-state index contributed by atoms with van der Waals surface area (Å²) in [6, 6.07) is 0.767. The first-order chi connectivity index (χ1) is 7.26. The van der Waals surface area contributed by atoms with Crippen LogP contribution in [0.2, 0.25) is 0 Å². The molecule has 2 saturated carbocycles. The summed E-state index contributed by atoms with van der Waals surface area (Å²) < 4.78 is 0. The van der Waals surface area contributed by atoms with Crippen LogP contribution in [-0.4, -0.2) is 30.8 Å². The van der Waals surface area contributed by atoms with E-state index in [1.54, 1.807) is 0 Å². The molecule has 0 atom stereocenters. The lowest BCUT2D eigenvalue weighted by Crippen LogP contribution is -2.45. The second kappa shape index (κ2) is 4.65. The number of nitrogens with zero attached hydrogens (tertiary/aromatic N) is 1. The van der Waals surface area contributed by atoms with E-state index in [2.05, 4.69) is 11.9 Å². The molecule has 86 valence electrons. The van der Waals surface area contributed by atoms with E-state index in [-0.39, 0.29) is 5.41 Å². The van der Waals surface area contributed by atoms with E-state index in [4.69, 9.17) is 0 Å². The van der Waals surface area contributed by atoms with Crippen molar-refractivity contribution < 1.29 is 4.79 Å². The highest BCUT2D eigenvalue weighted by Crippen LogP contribution is 2.36. The Morgan fingerprint density at radius 1 is 1.20 bits per heavy atom. The monoisotopic (exact) mass is 209 g/mol. The van der Waals surface area contributed by atoms with Crippen molar-refractivity contribution in [2.24, 2.45) is 5.41 Å². The fourth-order valence-corrected chi connectivity index (χ4v) is 3.02. The minimum absolute atomic E-state index is 0.00257. The Morgan fingerprint density at radius 2 is 1.87 bits per heavy atom. The molecule has 0 aromatic rings. The van der Waals surface area contributed by atoms with Crippen LogP contribution in [0.25, 0.3) is 0 Å². The van der Waals surface area contributed by atoms with Crippen molar-refractivity contribution >= 4 is 6.29 Å². The van der Waals surface area contributed by atoms with Gasteiger partial charge in [0.25, 0.3) is 0 Å². The quantitative estimate of drug-likeness (QED) is 0.663. The van der Waals surface area contributed by atoms with Crippen LogP contribution in [0.4, 0.5) is 0 Å². The summed E-state index contributed by atoms with van der Waals surface area (Å²) >= 11 is 0. The van der Waals surface area contributed by atoms with Crippen LogP contribution in [0.1, 0.15) is 51.4 Å². The second-order valence-electron chi connectivity index (χ2n) is 5.54. The molecule has 0 saturated heterocycles. The van der Waals surface area contributed by atoms with Crippen LogP contribution < -0.4 is 0 Å². The third-order valence-electron chi connectivity index (χ3n) is 4.36. The average molecular weight is 209 g/mol. The summed E-state index contributed by atoms with van der Waals surface area (Å²) in [4.78, 5) is 13.8. The highest BCUT2D eigenvalue weighted by atomic mass is 16.1. The zero-order valence-electron chi connectivity index (χ0n) is 9.87. The molecule has 2 aliphatic carbocycles. The van der Waals surface area contributed by atoms with Crippen molar-refractivity contribution in [2.75, 3.05) is 13.6 Å². The summed E-state index contributed by atoms with van der Waals surface area (Å²) in [7, 11) is 2.20. The molecule has 2 rings (SSSR count). The first-order valence-electron chi connectivity index (χ1n) is 6.42. The number of rotatable bonds is 4. The molecule has 0 N–H and O–H groups in total. The molecule has 0 amide bonds. The van der Waals surface area contributed by atoms with Gasteiger partial charge < -0.3 is 9.69 Å². The van der Waals surface area contributed by atoms with E-state index in [1.165, 1.54) is 44.8 Å². The third-order valence-corrected chi connectivity index (χ3v) is 4.36. The van der Waals surface area contributed by atoms with Crippen molar-refractivity contribution in [3.63, 3.8) is 0 Å². The van der Waals surface area contributed by atoms with Crippen molar-refractivity contribution in [3.8, 4) is 0 Å². The van der Waals surface area contributed by atoms with Gasteiger partial charge in [-0.25, -0.2) is 0 Å². The largest absolute Gasteiger partial charge is 0.303 e. The molecule has 2 heteroatoms. The summed E-state index contributed by atoms with van der Waals surface area (Å²) in [5.41, 5.74) is 0.00257. The Hall–Kier alpha value is -0.370. The second-order valence-corrected chi connectivity index (χ2v) is 5.54. The molecule has 0 aromatic heterocycles. The number of carbonyl (C=O) groups is 1. The molecule has 0 heterocycles. The van der Waals surface area contributed by atoms with Crippen molar-refractivity contribution in [3.05, 3.63) is 0 Å². The number of hydrogen-bond acceptors (Lipinski definition) is 2. The molecule has 0 bridgehead atoms. The minimum atomic E-state index is 0.00257. The van der Waals surface area contributed by atoms with Crippen LogP contribution in [0.3, 0.4) is 0 Å². The summed E-state index contributed by atoms with van der Waals surface area (Å²) in [5.74, 6) is 0. The topological polar surface area (TPSA) is 20.3 Å². The van der Waals surface area contributed by atoms with Gasteiger partial charge in [0.2, 0.25) is 0 Å². The summed E-state index contributed by atoms with van der Waals surface area (Å²) in [6.45, 7) is 1.00. The van der Waals surface area contributed by atoms with Gasteiger partial charge in [0.15, 0.2) is 0 Å². The van der Waals surface area contributed by atoms with Crippen LogP contribution in [0.15, 0.2) is 0 Å². The van der Waals surface area contributed by atoms with Gasteiger partial charge in [-0.3, -0.25) is 0 Å². The van der Waals surface area contributed by atoms with E-state index in [0.717, 1.165) is 25.4 Å². The Kier molecular flexibility index (Phi) is 3.45. The molecule has 0 spiro atoms. The smallest absolute Gasteiger partial charge is 0.127 e. The molecule has 0 aliphatic heterocycles. The Morgan fingerprint density at radius 3 is 2.33 bits per heavy atom. The Bertz CT molecular complexity index is 217. The van der Waals surface area contributed by atoms with Gasteiger partial charge in [-0.05, 0) is 32.7 Å². The van der Waals surface area contributed by atoms with Gasteiger partial charge in [0.05, 0.1) is 0 Å². The molecule has 2 aliphatic rings. The summed E-state index contributed by atoms with van der Waals surface area (Å²) in [5, 5.41) is 0. The molecule has 2 fully saturated rings. The van der Waals surface area contributed by atoms with Crippen molar-refractivity contribution in [2.45, 2.75) is 57.4 Å². The standard InChI is InChI=1S/C13H23NO/c1-14(12-6-5-7-12)10-13(11-15)8-3-2-4-9-13/h11-12H,2-10H2,1H3. The SMILES string of the molecule is CN(CC1(C=O)CCCCC1)C1CCC1. The van der Waals surface area contributed by atoms with E-state index >= 15 is 0 Å². The van der Waals surface area contributed by atoms with Gasteiger partial charge in [0.1, 0.15) is 6.29 Å². The van der Waals surface area contributed by atoms with Gasteiger partial charge in [-0.2, -0.15) is 0 Å². The number of aldehydes is 1. The maximum absolute atomic E-state index is 11.3. The average Bonchev–Trinajstić information content (AvgIpc) is 2.16. The van der Waals surface area contributed by atoms with Crippen molar-refractivity contribution in [1.82, 2.24) is 4.90 Å². The van der Waals surface area contributed by atoms with Gasteiger partial charge in [0, 0.05) is 18.0 Å². The van der Waals surface area contributed by atoms with Gasteiger partial charge in [-0.15, -0.1) is 0 Å². The maximum Gasteiger partial charge on any atom is 0.127 e. The molecular weight excluding hydrogens is 186 g/mol. The highest BCUT2D eigenvalue weighted by molar-refractivity contribution is 5.60. The third kappa shape index (κ3) is 2.41. The first kappa shape index (κ1) is 11.1. The zero-order valence-corrected chi connectivity index (χ0v) is 9.87. The highest BCUT2D eigenvalue weighted by Gasteiger charge is 2.35. The zero-order chi connectivity index (χ0) is 10.7. The lowest BCUT2D eigenvalue weighted by Gasteiger charge is -2.41. The van der Waals surface area contributed by atoms with E-state index < -0.39 is 0 Å². The molecule has 0 radical (unpaired) electrons. The van der Waals surface area contributed by atoms with Crippen LogP contribution in [0.5, 0.6) is 0 Å². The predicted octanol–water partition coefficient (Wildman–Crippen LogP) is 2.62. The lowest BCUT2D eigenvalue weighted by molar-refractivity contribution is -0.119. The number of hydrogen-bond donors (Lipinski definition) is 0. The normalized spacial score (nSPS) is 26.3. The Balaban J connectivity index is 1.90. The molecule has 2 nitrogen and oxygen atoms in total. The van der Waals surface area contributed by atoms with E-state index in [1.807, 2.05) is 0 Å². The van der Waals surface area contributed by atoms with Gasteiger partial charge in [-0.1, -0.05) is 25.7 Å². The van der Waals surface area contributed by atoms with Crippen LogP contribution in [0, 0.1) is 5.41 Å². The van der Waals surface area contributed by atoms with E-state index in [9.17, 15) is 4.79 Å². The fourth-order valence-electron chi connectivity index (χ4n) is 3.02. The molecule has 0 unspecified atom stereocenters. The minimum Gasteiger partial charge on any atom is -0.303 e. The molecule has 0 aromatic carbocycles. The number of carbonyl (C=O) groups excluding carboxylic acids is 1. The lowest BCUT2D eigenvalue weighted by atomic mass is 9.74. The predicted molar refractivity (Wildman–Crippen MR) is 61.9 cm³/mol. The fraction of sp³-hybridized carbons (Fsp3) is 0.923. The Labute approximate surface area is 93.0 Å². The van der Waals surface area contributed by atoms with E-state index in [0.29, 0.717) is 0 Å². The van der Waals surface area contributed by atoms with Crippen LogP contribution in [-0.2, 0) is 4.79 Å².